The average Bonchev–Trinajstić information content (AvgIpc) is 2.51. The van der Waals surface area contributed by atoms with Gasteiger partial charge in [0.2, 0.25) is 0 Å². The summed E-state index contributed by atoms with van der Waals surface area (Å²) < 4.78 is 1.95. The second kappa shape index (κ2) is 3.98. The van der Waals surface area contributed by atoms with Crippen LogP contribution in [0.25, 0.3) is 0 Å². The molecule has 0 spiro atoms. The van der Waals surface area contributed by atoms with Crippen molar-refractivity contribution in [3.8, 4) is 0 Å². The highest BCUT2D eigenvalue weighted by atomic mass is 15.5. The van der Waals surface area contributed by atoms with Gasteiger partial charge in [-0.05, 0) is 25.2 Å². The van der Waals surface area contributed by atoms with Gasteiger partial charge in [-0.1, -0.05) is 19.1 Å². The first-order chi connectivity index (χ1) is 6.79. The summed E-state index contributed by atoms with van der Waals surface area (Å²) in [5.41, 5.74) is 0. The standard InChI is InChI=1S/C10H18N4/c1-3-4-14-10(7-11-13-14)12-9-5-8(2)6-9/h7-9,12H,3-6H2,1-2H3. The van der Waals surface area contributed by atoms with Crippen LogP contribution in [0.1, 0.15) is 33.1 Å². The number of nitrogens with zero attached hydrogens (tertiary/aromatic N) is 3. The molecule has 0 saturated heterocycles. The lowest BCUT2D eigenvalue weighted by molar-refractivity contribution is 0.307. The fourth-order valence-electron chi connectivity index (χ4n) is 1.98. The van der Waals surface area contributed by atoms with Crippen molar-refractivity contribution in [3.63, 3.8) is 0 Å². The smallest absolute Gasteiger partial charge is 0.145 e. The van der Waals surface area contributed by atoms with Crippen LogP contribution in [0, 0.1) is 5.92 Å². The van der Waals surface area contributed by atoms with E-state index in [0.29, 0.717) is 6.04 Å². The Morgan fingerprint density at radius 3 is 3.00 bits per heavy atom. The van der Waals surface area contributed by atoms with Crippen molar-refractivity contribution in [2.75, 3.05) is 5.32 Å². The Balaban J connectivity index is 1.91. The van der Waals surface area contributed by atoms with E-state index in [1.54, 1.807) is 0 Å². The number of hydrogen-bond donors (Lipinski definition) is 1. The molecule has 78 valence electrons. The van der Waals surface area contributed by atoms with Crippen molar-refractivity contribution in [1.82, 2.24) is 15.0 Å². The van der Waals surface area contributed by atoms with Crippen molar-refractivity contribution >= 4 is 5.82 Å². The number of hydrogen-bond acceptors (Lipinski definition) is 3. The lowest BCUT2D eigenvalue weighted by Crippen LogP contribution is -2.34. The molecule has 2 rings (SSSR count). The molecule has 1 fully saturated rings. The summed E-state index contributed by atoms with van der Waals surface area (Å²) in [5, 5.41) is 11.4. The van der Waals surface area contributed by atoms with Gasteiger partial charge < -0.3 is 5.32 Å². The molecule has 0 aromatic carbocycles. The van der Waals surface area contributed by atoms with E-state index in [2.05, 4.69) is 29.5 Å². The molecule has 0 atom stereocenters. The van der Waals surface area contributed by atoms with E-state index < -0.39 is 0 Å². The second-order valence-electron chi connectivity index (χ2n) is 4.26. The van der Waals surface area contributed by atoms with Gasteiger partial charge in [0.15, 0.2) is 0 Å². The monoisotopic (exact) mass is 194 g/mol. The fraction of sp³-hybridized carbons (Fsp3) is 0.800. The van der Waals surface area contributed by atoms with E-state index in [1.165, 1.54) is 12.8 Å². The van der Waals surface area contributed by atoms with Gasteiger partial charge in [-0.15, -0.1) is 5.10 Å². The molecule has 1 aromatic rings. The second-order valence-corrected chi connectivity index (χ2v) is 4.26. The Bertz CT molecular complexity index is 288. The van der Waals surface area contributed by atoms with E-state index in [4.69, 9.17) is 0 Å². The van der Waals surface area contributed by atoms with Gasteiger partial charge in [0, 0.05) is 12.6 Å². The van der Waals surface area contributed by atoms with Crippen LogP contribution in [-0.2, 0) is 6.54 Å². The molecule has 1 aliphatic carbocycles. The maximum absolute atomic E-state index is 4.04. The van der Waals surface area contributed by atoms with Crippen LogP contribution in [-0.4, -0.2) is 21.0 Å². The predicted molar refractivity (Wildman–Crippen MR) is 56.1 cm³/mol. The average molecular weight is 194 g/mol. The van der Waals surface area contributed by atoms with Gasteiger partial charge in [-0.3, -0.25) is 0 Å². The fourth-order valence-corrected chi connectivity index (χ4v) is 1.98. The van der Waals surface area contributed by atoms with Crippen molar-refractivity contribution < 1.29 is 0 Å². The van der Waals surface area contributed by atoms with Crippen LogP contribution >= 0.6 is 0 Å². The molecule has 4 heteroatoms. The first-order valence-corrected chi connectivity index (χ1v) is 5.44. The molecule has 14 heavy (non-hydrogen) atoms. The summed E-state index contributed by atoms with van der Waals surface area (Å²) in [5.74, 6) is 1.95. The van der Waals surface area contributed by atoms with Crippen LogP contribution in [0.15, 0.2) is 6.20 Å². The number of aromatic nitrogens is 3. The van der Waals surface area contributed by atoms with Gasteiger partial charge in [-0.25, -0.2) is 4.68 Å². The third-order valence-electron chi connectivity index (χ3n) is 2.78. The highest BCUT2D eigenvalue weighted by molar-refractivity contribution is 5.33. The number of anilines is 1. The molecule has 0 amide bonds. The largest absolute Gasteiger partial charge is 0.366 e. The molecular weight excluding hydrogens is 176 g/mol. The highest BCUT2D eigenvalue weighted by Crippen LogP contribution is 2.29. The molecule has 1 N–H and O–H groups in total. The molecule has 1 aromatic heterocycles. The van der Waals surface area contributed by atoms with Crippen LogP contribution in [0.4, 0.5) is 5.82 Å². The molecular formula is C10H18N4. The number of rotatable bonds is 4. The zero-order chi connectivity index (χ0) is 9.97. The first kappa shape index (κ1) is 9.49. The molecule has 0 aliphatic heterocycles. The normalized spacial score (nSPS) is 25.9. The Morgan fingerprint density at radius 2 is 2.36 bits per heavy atom. The summed E-state index contributed by atoms with van der Waals surface area (Å²) in [4.78, 5) is 0. The van der Waals surface area contributed by atoms with E-state index in [9.17, 15) is 0 Å². The van der Waals surface area contributed by atoms with Crippen molar-refractivity contribution in [3.05, 3.63) is 6.20 Å². The maximum atomic E-state index is 4.04. The van der Waals surface area contributed by atoms with Crippen LogP contribution in [0.5, 0.6) is 0 Å². The molecule has 0 radical (unpaired) electrons. The molecule has 0 unspecified atom stereocenters. The molecule has 0 bridgehead atoms. The van der Waals surface area contributed by atoms with Crippen molar-refractivity contribution in [2.45, 2.75) is 45.7 Å². The molecule has 1 saturated carbocycles. The van der Waals surface area contributed by atoms with Gasteiger partial charge >= 0.3 is 0 Å². The van der Waals surface area contributed by atoms with Gasteiger partial charge in [0.25, 0.3) is 0 Å². The summed E-state index contributed by atoms with van der Waals surface area (Å²) in [6.07, 6.45) is 5.46. The van der Waals surface area contributed by atoms with E-state index in [-0.39, 0.29) is 0 Å². The molecule has 1 heterocycles. The van der Waals surface area contributed by atoms with Gasteiger partial charge in [0.05, 0.1) is 6.20 Å². The van der Waals surface area contributed by atoms with Gasteiger partial charge in [0.1, 0.15) is 5.82 Å². The Morgan fingerprint density at radius 1 is 1.57 bits per heavy atom. The SMILES string of the molecule is CCCn1nncc1NC1CC(C)C1. The lowest BCUT2D eigenvalue weighted by Gasteiger charge is -2.33. The summed E-state index contributed by atoms with van der Waals surface area (Å²) in [7, 11) is 0. The van der Waals surface area contributed by atoms with Crippen LogP contribution in [0.2, 0.25) is 0 Å². The van der Waals surface area contributed by atoms with Crippen LogP contribution in [0.3, 0.4) is 0 Å². The zero-order valence-corrected chi connectivity index (χ0v) is 8.90. The minimum atomic E-state index is 0.638. The van der Waals surface area contributed by atoms with Crippen molar-refractivity contribution in [1.29, 1.82) is 0 Å². The first-order valence-electron chi connectivity index (χ1n) is 5.44. The summed E-state index contributed by atoms with van der Waals surface area (Å²) >= 11 is 0. The van der Waals surface area contributed by atoms with E-state index >= 15 is 0 Å². The van der Waals surface area contributed by atoms with E-state index in [1.807, 2.05) is 10.9 Å². The minimum Gasteiger partial charge on any atom is -0.366 e. The molecule has 4 nitrogen and oxygen atoms in total. The lowest BCUT2D eigenvalue weighted by atomic mass is 9.82. The van der Waals surface area contributed by atoms with Crippen molar-refractivity contribution in [2.24, 2.45) is 5.92 Å². The van der Waals surface area contributed by atoms with Crippen LogP contribution < -0.4 is 5.32 Å². The predicted octanol–water partition coefficient (Wildman–Crippen LogP) is 1.90. The van der Waals surface area contributed by atoms with E-state index in [0.717, 1.165) is 24.7 Å². The summed E-state index contributed by atoms with van der Waals surface area (Å²) in [6, 6.07) is 0.638. The van der Waals surface area contributed by atoms with Gasteiger partial charge in [-0.2, -0.15) is 0 Å². The minimum absolute atomic E-state index is 0.638. The third-order valence-corrected chi connectivity index (χ3v) is 2.78. The molecule has 1 aliphatic rings. The number of nitrogens with one attached hydrogen (secondary N) is 1. The maximum Gasteiger partial charge on any atom is 0.145 e. The Hall–Kier alpha value is -1.06. The Labute approximate surface area is 84.7 Å². The third kappa shape index (κ3) is 1.89. The quantitative estimate of drug-likeness (QED) is 0.796. The number of aryl methyl sites for hydroxylation is 1. The highest BCUT2D eigenvalue weighted by Gasteiger charge is 2.25. The Kier molecular flexibility index (Phi) is 2.70. The zero-order valence-electron chi connectivity index (χ0n) is 8.90. The summed E-state index contributed by atoms with van der Waals surface area (Å²) in [6.45, 7) is 5.39. The topological polar surface area (TPSA) is 42.7 Å².